The van der Waals surface area contributed by atoms with Crippen molar-refractivity contribution in [3.8, 4) is 11.5 Å². The predicted octanol–water partition coefficient (Wildman–Crippen LogP) is 5.94. The van der Waals surface area contributed by atoms with Gasteiger partial charge >= 0.3 is 0 Å². The Morgan fingerprint density at radius 1 is 1.05 bits per heavy atom. The van der Waals surface area contributed by atoms with Crippen molar-refractivity contribution in [1.29, 1.82) is 0 Å². The van der Waals surface area contributed by atoms with Gasteiger partial charge in [-0.3, -0.25) is 4.79 Å². The van der Waals surface area contributed by atoms with E-state index in [1.165, 1.54) is 31.2 Å². The highest BCUT2D eigenvalue weighted by Gasteiger charge is 2.15. The zero-order valence-electron chi connectivity index (χ0n) is 11.3. The van der Waals surface area contributed by atoms with Crippen LogP contribution in [0.15, 0.2) is 33.3 Å². The van der Waals surface area contributed by atoms with Crippen molar-refractivity contribution in [2.75, 3.05) is 13.2 Å². The SMILES string of the molecule is CC(=O)c1cc(OCC=C(Cl)Cl)cc(Cl)c1OCC=C(Cl)Cl. The van der Waals surface area contributed by atoms with Crippen LogP contribution in [0.1, 0.15) is 17.3 Å². The molecule has 1 aromatic carbocycles. The molecule has 0 bridgehead atoms. The van der Waals surface area contributed by atoms with E-state index in [2.05, 4.69) is 0 Å². The molecule has 0 fully saturated rings. The quantitative estimate of drug-likeness (QED) is 0.528. The van der Waals surface area contributed by atoms with Crippen molar-refractivity contribution in [3.63, 3.8) is 0 Å². The molecular weight excluding hydrogens is 393 g/mol. The number of carbonyl (C=O) groups excluding carboxylic acids is 1. The van der Waals surface area contributed by atoms with Gasteiger partial charge in [0.2, 0.25) is 0 Å². The Morgan fingerprint density at radius 3 is 2.09 bits per heavy atom. The molecule has 0 unspecified atom stereocenters. The number of Topliss-reactive ketones (excluding diaryl/α,β-unsaturated/α-hetero) is 1. The summed E-state index contributed by atoms with van der Waals surface area (Å²) in [7, 11) is 0. The van der Waals surface area contributed by atoms with Crippen LogP contribution in [0.5, 0.6) is 11.5 Å². The largest absolute Gasteiger partial charge is 0.489 e. The number of carbonyl (C=O) groups is 1. The van der Waals surface area contributed by atoms with E-state index in [1.807, 2.05) is 0 Å². The molecule has 1 rings (SSSR count). The summed E-state index contributed by atoms with van der Waals surface area (Å²) >= 11 is 28.1. The maximum atomic E-state index is 11.7. The minimum atomic E-state index is -0.228. The maximum absolute atomic E-state index is 11.7. The highest BCUT2D eigenvalue weighted by Crippen LogP contribution is 2.34. The van der Waals surface area contributed by atoms with Gasteiger partial charge in [-0.15, -0.1) is 0 Å². The van der Waals surface area contributed by atoms with Crippen LogP contribution < -0.4 is 9.47 Å². The fourth-order valence-electron chi connectivity index (χ4n) is 1.45. The standard InChI is InChI=1S/C14H11Cl5O3/c1-8(20)10-6-9(21-4-2-12(16)17)7-11(15)14(10)22-5-3-13(18)19/h2-3,6-7H,4-5H2,1H3. The van der Waals surface area contributed by atoms with Crippen LogP contribution in [0.25, 0.3) is 0 Å². The number of halogens is 5. The molecule has 120 valence electrons. The highest BCUT2D eigenvalue weighted by atomic mass is 35.5. The van der Waals surface area contributed by atoms with Crippen molar-refractivity contribution in [3.05, 3.63) is 43.9 Å². The van der Waals surface area contributed by atoms with Crippen molar-refractivity contribution < 1.29 is 14.3 Å². The first kappa shape index (κ1) is 19.5. The fourth-order valence-corrected chi connectivity index (χ4v) is 1.96. The summed E-state index contributed by atoms with van der Waals surface area (Å²) in [6.45, 7) is 1.61. The number of rotatable bonds is 7. The van der Waals surface area contributed by atoms with E-state index in [-0.39, 0.29) is 44.3 Å². The van der Waals surface area contributed by atoms with Crippen molar-refractivity contribution >= 4 is 63.8 Å². The Hall–Kier alpha value is -0.580. The number of benzene rings is 1. The van der Waals surface area contributed by atoms with Gasteiger partial charge in [-0.25, -0.2) is 0 Å². The second-order valence-corrected chi connectivity index (χ2v) is 6.37. The molecule has 0 spiro atoms. The van der Waals surface area contributed by atoms with Gasteiger partial charge in [0.05, 0.1) is 10.6 Å². The lowest BCUT2D eigenvalue weighted by Gasteiger charge is -2.13. The van der Waals surface area contributed by atoms with Gasteiger partial charge in [-0.2, -0.15) is 0 Å². The minimum absolute atomic E-state index is 0.0604. The molecule has 0 aliphatic rings. The normalized spacial score (nSPS) is 9.91. The molecule has 0 aromatic heterocycles. The summed E-state index contributed by atoms with van der Waals surface area (Å²) in [6, 6.07) is 3.04. The molecule has 0 saturated heterocycles. The molecule has 3 nitrogen and oxygen atoms in total. The van der Waals surface area contributed by atoms with E-state index in [4.69, 9.17) is 67.5 Å². The first-order valence-corrected chi connectivity index (χ1v) is 7.82. The van der Waals surface area contributed by atoms with Gasteiger partial charge < -0.3 is 9.47 Å². The van der Waals surface area contributed by atoms with Crippen LogP contribution in [0, 0.1) is 0 Å². The lowest BCUT2D eigenvalue weighted by Crippen LogP contribution is -2.04. The molecule has 0 saturated carbocycles. The topological polar surface area (TPSA) is 35.5 Å². The summed E-state index contributed by atoms with van der Waals surface area (Å²) in [5, 5.41) is 0.225. The van der Waals surface area contributed by atoms with E-state index in [0.29, 0.717) is 5.75 Å². The number of ether oxygens (including phenoxy) is 2. The average molecular weight is 405 g/mol. The summed E-state index contributed by atoms with van der Waals surface area (Å²) < 4.78 is 11.0. The Bertz CT molecular complexity index is 603. The van der Waals surface area contributed by atoms with Gasteiger partial charge in [-0.05, 0) is 25.1 Å². The Morgan fingerprint density at radius 2 is 1.59 bits per heavy atom. The molecule has 0 heterocycles. The zero-order valence-corrected chi connectivity index (χ0v) is 15.1. The maximum Gasteiger partial charge on any atom is 0.163 e. The van der Waals surface area contributed by atoms with Crippen LogP contribution in [0.2, 0.25) is 5.02 Å². The van der Waals surface area contributed by atoms with Gasteiger partial charge in [-0.1, -0.05) is 58.0 Å². The van der Waals surface area contributed by atoms with Crippen molar-refractivity contribution in [2.24, 2.45) is 0 Å². The minimum Gasteiger partial charge on any atom is -0.489 e. The second-order valence-electron chi connectivity index (χ2n) is 3.95. The predicted molar refractivity (Wildman–Crippen MR) is 92.0 cm³/mol. The molecule has 1 aromatic rings. The number of hydrogen-bond donors (Lipinski definition) is 0. The molecular formula is C14H11Cl5O3. The number of hydrogen-bond acceptors (Lipinski definition) is 3. The Kier molecular flexibility index (Phi) is 8.44. The highest BCUT2D eigenvalue weighted by molar-refractivity contribution is 6.56. The Labute approximate surface area is 153 Å². The van der Waals surface area contributed by atoms with Gasteiger partial charge in [0.25, 0.3) is 0 Å². The summed E-state index contributed by atoms with van der Waals surface area (Å²) in [4.78, 5) is 11.7. The lowest BCUT2D eigenvalue weighted by molar-refractivity contribution is 0.101. The molecule has 0 atom stereocenters. The van der Waals surface area contributed by atoms with Crippen LogP contribution in [-0.4, -0.2) is 19.0 Å². The van der Waals surface area contributed by atoms with E-state index < -0.39 is 0 Å². The van der Waals surface area contributed by atoms with Crippen molar-refractivity contribution in [1.82, 2.24) is 0 Å². The Balaban J connectivity index is 3.00. The fraction of sp³-hybridized carbons (Fsp3) is 0.214. The smallest absolute Gasteiger partial charge is 0.163 e. The van der Waals surface area contributed by atoms with E-state index in [1.54, 1.807) is 0 Å². The third-order valence-electron chi connectivity index (χ3n) is 2.35. The van der Waals surface area contributed by atoms with Gasteiger partial charge in [0.15, 0.2) is 5.78 Å². The number of ketones is 1. The summed E-state index contributed by atoms with van der Waals surface area (Å²) in [6.07, 6.45) is 2.89. The van der Waals surface area contributed by atoms with Crippen molar-refractivity contribution in [2.45, 2.75) is 6.92 Å². The monoisotopic (exact) mass is 402 g/mol. The van der Waals surface area contributed by atoms with E-state index in [0.717, 1.165) is 0 Å². The first-order chi connectivity index (χ1) is 10.3. The van der Waals surface area contributed by atoms with Crippen LogP contribution in [0.3, 0.4) is 0 Å². The molecule has 0 amide bonds. The van der Waals surface area contributed by atoms with Crippen LogP contribution in [0.4, 0.5) is 0 Å². The van der Waals surface area contributed by atoms with Crippen LogP contribution in [-0.2, 0) is 0 Å². The third-order valence-corrected chi connectivity index (χ3v) is 3.25. The third kappa shape index (κ3) is 6.67. The molecule has 0 N–H and O–H groups in total. The summed E-state index contributed by atoms with van der Waals surface area (Å²) in [5.41, 5.74) is 0.280. The molecule has 0 aliphatic heterocycles. The summed E-state index contributed by atoms with van der Waals surface area (Å²) in [5.74, 6) is 0.395. The lowest BCUT2D eigenvalue weighted by atomic mass is 10.1. The first-order valence-electron chi connectivity index (χ1n) is 5.93. The van der Waals surface area contributed by atoms with Gasteiger partial charge in [0.1, 0.15) is 33.7 Å². The van der Waals surface area contributed by atoms with E-state index >= 15 is 0 Å². The zero-order chi connectivity index (χ0) is 16.7. The molecule has 0 aliphatic carbocycles. The average Bonchev–Trinajstić information content (AvgIpc) is 2.39. The van der Waals surface area contributed by atoms with Gasteiger partial charge in [0, 0.05) is 6.07 Å². The molecule has 0 radical (unpaired) electrons. The van der Waals surface area contributed by atoms with E-state index in [9.17, 15) is 4.79 Å². The molecule has 8 heteroatoms. The second kappa shape index (κ2) is 9.53. The van der Waals surface area contributed by atoms with Crippen LogP contribution >= 0.6 is 58.0 Å². The molecule has 22 heavy (non-hydrogen) atoms.